The molecule has 0 saturated carbocycles. The molecule has 2 fully saturated rings. The number of rotatable bonds is 2. The number of fused-ring (bicyclic) bond motifs is 1. The average Bonchev–Trinajstić information content (AvgIpc) is 2.77. The zero-order valence-corrected chi connectivity index (χ0v) is 13.8. The van der Waals surface area contributed by atoms with Crippen LogP contribution >= 0.6 is 11.8 Å². The largest absolute Gasteiger partial charge is 0.350 e. The highest BCUT2D eigenvalue weighted by atomic mass is 32.2. The number of carbonyl (C=O) groups is 1. The van der Waals surface area contributed by atoms with Gasteiger partial charge in [-0.25, -0.2) is 4.79 Å². The van der Waals surface area contributed by atoms with E-state index >= 15 is 0 Å². The molecular weight excluding hydrogens is 306 g/mol. The minimum atomic E-state index is -0.661. The van der Waals surface area contributed by atoms with Gasteiger partial charge >= 0.3 is 5.69 Å². The quantitative estimate of drug-likeness (QED) is 0.884. The van der Waals surface area contributed by atoms with E-state index in [0.29, 0.717) is 0 Å². The first-order valence-corrected chi connectivity index (χ1v) is 8.12. The van der Waals surface area contributed by atoms with Crippen LogP contribution in [0.1, 0.15) is 33.1 Å². The number of thioether (sulfide) groups is 1. The summed E-state index contributed by atoms with van der Waals surface area (Å²) in [6.45, 7) is 7.08. The molecule has 0 bridgehead atoms. The van der Waals surface area contributed by atoms with Gasteiger partial charge in [-0.1, -0.05) is 0 Å². The van der Waals surface area contributed by atoms with E-state index in [2.05, 4.69) is 10.3 Å². The Hall–Kier alpha value is -1.38. The Morgan fingerprint density at radius 1 is 1.50 bits per heavy atom. The van der Waals surface area contributed by atoms with Crippen molar-refractivity contribution in [3.05, 3.63) is 22.7 Å². The van der Waals surface area contributed by atoms with Gasteiger partial charge < -0.3 is 14.8 Å². The van der Waals surface area contributed by atoms with Crippen molar-refractivity contribution in [2.75, 3.05) is 11.1 Å². The van der Waals surface area contributed by atoms with Crippen LogP contribution in [-0.2, 0) is 14.3 Å². The monoisotopic (exact) mass is 325 g/mol. The molecule has 0 spiro atoms. The summed E-state index contributed by atoms with van der Waals surface area (Å²) in [6.07, 6.45) is 1.57. The smallest absolute Gasteiger partial charge is 0.343 e. The summed E-state index contributed by atoms with van der Waals surface area (Å²) in [5.41, 5.74) is -1.01. The van der Waals surface area contributed by atoms with Crippen molar-refractivity contribution < 1.29 is 14.3 Å². The number of aromatic nitrogens is 2. The van der Waals surface area contributed by atoms with Crippen LogP contribution < -0.4 is 11.0 Å². The third-order valence-electron chi connectivity index (χ3n) is 3.81. The molecule has 1 N–H and O–H groups in total. The molecule has 0 unspecified atom stereocenters. The van der Waals surface area contributed by atoms with Crippen molar-refractivity contribution in [1.82, 2.24) is 9.55 Å². The van der Waals surface area contributed by atoms with Crippen molar-refractivity contribution in [3.8, 4) is 0 Å². The van der Waals surface area contributed by atoms with Crippen LogP contribution in [0.15, 0.2) is 17.1 Å². The van der Waals surface area contributed by atoms with E-state index in [0.717, 1.165) is 5.75 Å². The van der Waals surface area contributed by atoms with Crippen molar-refractivity contribution in [1.29, 1.82) is 0 Å². The Kier molecular flexibility index (Phi) is 3.58. The number of ether oxygens (including phenoxy) is 2. The van der Waals surface area contributed by atoms with Gasteiger partial charge in [0.15, 0.2) is 5.79 Å². The van der Waals surface area contributed by atoms with Gasteiger partial charge in [0.2, 0.25) is 5.91 Å². The molecule has 3 rings (SSSR count). The molecule has 3 heterocycles. The third kappa shape index (κ3) is 2.55. The second-order valence-corrected chi connectivity index (χ2v) is 7.27. The standard InChI is InChI=1S/C14H19N3O4S/c1-8(18)15-10-5-6-17(12(19)16-10)11-14(4)9(7-22-11)20-13(2,3)21-14/h5-6,9,11H,7H2,1-4H3,(H,15,16,18,19)/t9-,11-,14-/m1/s1. The third-order valence-corrected chi connectivity index (χ3v) is 5.32. The van der Waals surface area contributed by atoms with Gasteiger partial charge in [0, 0.05) is 18.9 Å². The highest BCUT2D eigenvalue weighted by Crippen LogP contribution is 2.53. The predicted octanol–water partition coefficient (Wildman–Crippen LogP) is 1.36. The van der Waals surface area contributed by atoms with E-state index in [1.54, 1.807) is 28.6 Å². The van der Waals surface area contributed by atoms with Crippen molar-refractivity contribution in [2.45, 2.75) is 50.6 Å². The fraction of sp³-hybridized carbons (Fsp3) is 0.643. The molecule has 8 heteroatoms. The molecule has 0 aromatic carbocycles. The summed E-state index contributed by atoms with van der Waals surface area (Å²) in [5.74, 6) is 0.0830. The van der Waals surface area contributed by atoms with Crippen LogP contribution in [0.2, 0.25) is 0 Å². The summed E-state index contributed by atoms with van der Waals surface area (Å²) >= 11 is 1.61. The summed E-state index contributed by atoms with van der Waals surface area (Å²) in [5, 5.41) is 2.29. The number of amides is 1. The number of hydrogen-bond acceptors (Lipinski definition) is 6. The summed E-state index contributed by atoms with van der Waals surface area (Å²) in [6, 6.07) is 1.61. The van der Waals surface area contributed by atoms with Gasteiger partial charge in [0.25, 0.3) is 0 Å². The van der Waals surface area contributed by atoms with Crippen LogP contribution in [0.3, 0.4) is 0 Å². The van der Waals surface area contributed by atoms with E-state index in [4.69, 9.17) is 9.47 Å². The normalized spacial score (nSPS) is 32.7. The molecule has 22 heavy (non-hydrogen) atoms. The Morgan fingerprint density at radius 3 is 2.86 bits per heavy atom. The van der Waals surface area contributed by atoms with Gasteiger partial charge in [0.1, 0.15) is 22.9 Å². The molecule has 0 radical (unpaired) electrons. The Bertz CT molecular complexity index is 674. The maximum Gasteiger partial charge on any atom is 0.350 e. The average molecular weight is 325 g/mol. The topological polar surface area (TPSA) is 82.5 Å². The lowest BCUT2D eigenvalue weighted by molar-refractivity contribution is -0.163. The van der Waals surface area contributed by atoms with E-state index in [-0.39, 0.29) is 23.2 Å². The fourth-order valence-electron chi connectivity index (χ4n) is 3.03. The van der Waals surface area contributed by atoms with Crippen LogP contribution in [0.5, 0.6) is 0 Å². The first-order valence-electron chi connectivity index (χ1n) is 7.08. The molecule has 120 valence electrons. The molecule has 7 nitrogen and oxygen atoms in total. The Balaban J connectivity index is 1.92. The SMILES string of the molecule is CC(=O)Nc1ccn([C@@H]2SC[C@H]3OC(C)(C)O[C@]32C)c(=O)n1. The lowest BCUT2D eigenvalue weighted by Crippen LogP contribution is -2.43. The summed E-state index contributed by atoms with van der Waals surface area (Å²) in [7, 11) is 0. The van der Waals surface area contributed by atoms with Gasteiger partial charge in [-0.05, 0) is 26.8 Å². The molecule has 1 amide bonds. The predicted molar refractivity (Wildman–Crippen MR) is 82.7 cm³/mol. The highest BCUT2D eigenvalue weighted by Gasteiger charge is 2.59. The van der Waals surface area contributed by atoms with Crippen molar-refractivity contribution in [3.63, 3.8) is 0 Å². The number of carbonyl (C=O) groups excluding carboxylic acids is 1. The second-order valence-electron chi connectivity index (χ2n) is 6.16. The number of nitrogens with one attached hydrogen (secondary N) is 1. The maximum atomic E-state index is 12.3. The first-order chi connectivity index (χ1) is 10.2. The van der Waals surface area contributed by atoms with Gasteiger partial charge in [-0.3, -0.25) is 9.36 Å². The second kappa shape index (κ2) is 5.07. The molecule has 1 aromatic rings. The van der Waals surface area contributed by atoms with Crippen LogP contribution in [-0.4, -0.2) is 38.7 Å². The van der Waals surface area contributed by atoms with Gasteiger partial charge in [-0.15, -0.1) is 11.8 Å². The zero-order valence-electron chi connectivity index (χ0n) is 13.0. The lowest BCUT2D eigenvalue weighted by atomic mass is 10.0. The van der Waals surface area contributed by atoms with Crippen LogP contribution in [0.4, 0.5) is 5.82 Å². The highest BCUT2D eigenvalue weighted by molar-refractivity contribution is 7.99. The maximum absolute atomic E-state index is 12.3. The first kappa shape index (κ1) is 15.5. The summed E-state index contributed by atoms with van der Waals surface area (Å²) < 4.78 is 13.5. The van der Waals surface area contributed by atoms with E-state index in [1.807, 2.05) is 20.8 Å². The zero-order chi connectivity index (χ0) is 16.1. The fourth-order valence-corrected chi connectivity index (χ4v) is 4.64. The van der Waals surface area contributed by atoms with Crippen LogP contribution in [0, 0.1) is 0 Å². The van der Waals surface area contributed by atoms with E-state index in [1.165, 1.54) is 6.92 Å². The van der Waals surface area contributed by atoms with Crippen molar-refractivity contribution in [2.24, 2.45) is 0 Å². The Morgan fingerprint density at radius 2 is 2.23 bits per heavy atom. The number of anilines is 1. The molecule has 2 saturated heterocycles. The van der Waals surface area contributed by atoms with Crippen LogP contribution in [0.25, 0.3) is 0 Å². The lowest BCUT2D eigenvalue weighted by Gasteiger charge is -2.30. The van der Waals surface area contributed by atoms with Crippen molar-refractivity contribution >= 4 is 23.5 Å². The number of nitrogens with zero attached hydrogens (tertiary/aromatic N) is 2. The number of hydrogen-bond donors (Lipinski definition) is 1. The molecule has 3 atom stereocenters. The molecular formula is C14H19N3O4S. The molecule has 1 aromatic heterocycles. The van der Waals surface area contributed by atoms with Gasteiger partial charge in [0.05, 0.1) is 0 Å². The van der Waals surface area contributed by atoms with E-state index < -0.39 is 17.1 Å². The molecule has 2 aliphatic rings. The Labute approximate surface area is 132 Å². The summed E-state index contributed by atoms with van der Waals surface area (Å²) in [4.78, 5) is 27.2. The minimum Gasteiger partial charge on any atom is -0.343 e. The molecule has 2 aliphatic heterocycles. The minimum absolute atomic E-state index is 0.0700. The van der Waals surface area contributed by atoms with Gasteiger partial charge in [-0.2, -0.15) is 4.98 Å². The molecule has 0 aliphatic carbocycles. The van der Waals surface area contributed by atoms with E-state index in [9.17, 15) is 9.59 Å².